The minimum Gasteiger partial charge on any atom is -0.389 e. The van der Waals surface area contributed by atoms with E-state index in [2.05, 4.69) is 4.90 Å². The molecule has 0 radical (unpaired) electrons. The van der Waals surface area contributed by atoms with Crippen LogP contribution in [0, 0.1) is 23.2 Å². The molecule has 1 saturated heterocycles. The number of aliphatic hydroxyl groups excluding tert-OH is 1. The third-order valence-corrected chi connectivity index (χ3v) is 7.77. The van der Waals surface area contributed by atoms with Crippen LogP contribution in [0.25, 0.3) is 0 Å². The Morgan fingerprint density at radius 1 is 1.04 bits per heavy atom. The molecule has 0 amide bonds. The fraction of sp³-hybridized carbons (Fsp3) is 1.00. The molecule has 3 nitrogen and oxygen atoms in total. The molecule has 0 aromatic rings. The highest BCUT2D eigenvalue weighted by molar-refractivity contribution is 7.99. The number of ether oxygens (including phenoxy) is 1. The van der Waals surface area contributed by atoms with Crippen molar-refractivity contribution in [3.05, 3.63) is 0 Å². The first-order valence-corrected chi connectivity index (χ1v) is 10.9. The number of aliphatic hydroxyl groups is 1. The molecule has 1 unspecified atom stereocenters. The van der Waals surface area contributed by atoms with Crippen molar-refractivity contribution in [2.75, 3.05) is 44.4 Å². The summed E-state index contributed by atoms with van der Waals surface area (Å²) in [5.74, 6) is 5.51. The molecule has 4 saturated carbocycles. The van der Waals surface area contributed by atoms with Crippen molar-refractivity contribution >= 4 is 24.2 Å². The monoisotopic (exact) mass is 375 g/mol. The number of rotatable bonds is 7. The zero-order chi connectivity index (χ0) is 15.7. The van der Waals surface area contributed by atoms with E-state index in [0.717, 1.165) is 44.0 Å². The van der Waals surface area contributed by atoms with E-state index in [1.165, 1.54) is 56.5 Å². The first-order valence-electron chi connectivity index (χ1n) is 9.77. The lowest BCUT2D eigenvalue weighted by Gasteiger charge is -2.57. The van der Waals surface area contributed by atoms with Gasteiger partial charge in [0.15, 0.2) is 0 Å². The standard InChI is InChI=1S/C19H33NO2S.ClH/c21-18(13-20-2-5-23-6-3-20)14-22-4-1-19-10-15-7-16(11-19)9-17(8-15)12-19;/h15-18,21H,1-14H2;1H. The minimum absolute atomic E-state index is 0. The van der Waals surface area contributed by atoms with E-state index in [1.54, 1.807) is 0 Å². The summed E-state index contributed by atoms with van der Waals surface area (Å²) in [5, 5.41) is 10.2. The molecule has 1 heterocycles. The maximum absolute atomic E-state index is 10.2. The zero-order valence-corrected chi connectivity index (χ0v) is 16.5. The van der Waals surface area contributed by atoms with Crippen molar-refractivity contribution in [3.8, 4) is 0 Å². The van der Waals surface area contributed by atoms with Gasteiger partial charge < -0.3 is 9.84 Å². The van der Waals surface area contributed by atoms with E-state index < -0.39 is 0 Å². The number of hydrogen-bond acceptors (Lipinski definition) is 4. The van der Waals surface area contributed by atoms with Gasteiger partial charge in [0.25, 0.3) is 0 Å². The molecule has 5 aliphatic rings. The van der Waals surface area contributed by atoms with Crippen molar-refractivity contribution in [1.82, 2.24) is 4.90 Å². The summed E-state index contributed by atoms with van der Waals surface area (Å²) < 4.78 is 5.89. The molecule has 4 bridgehead atoms. The number of halogens is 1. The maximum atomic E-state index is 10.2. The second-order valence-corrected chi connectivity index (χ2v) is 10.0. The molecule has 24 heavy (non-hydrogen) atoms. The van der Waals surface area contributed by atoms with Gasteiger partial charge in [-0.25, -0.2) is 0 Å². The van der Waals surface area contributed by atoms with Crippen LogP contribution >= 0.6 is 24.2 Å². The van der Waals surface area contributed by atoms with Gasteiger partial charge in [0, 0.05) is 37.7 Å². The average molecular weight is 376 g/mol. The smallest absolute Gasteiger partial charge is 0.0900 e. The molecule has 140 valence electrons. The molecule has 0 aromatic heterocycles. The topological polar surface area (TPSA) is 32.7 Å². The lowest BCUT2D eigenvalue weighted by Crippen LogP contribution is -2.46. The van der Waals surface area contributed by atoms with Crippen molar-refractivity contribution in [1.29, 1.82) is 0 Å². The third-order valence-electron chi connectivity index (χ3n) is 6.82. The van der Waals surface area contributed by atoms with Crippen molar-refractivity contribution in [2.45, 2.75) is 51.0 Å². The second kappa shape index (κ2) is 8.47. The largest absolute Gasteiger partial charge is 0.389 e. The summed E-state index contributed by atoms with van der Waals surface area (Å²) >= 11 is 2.02. The van der Waals surface area contributed by atoms with Crippen LogP contribution in [0.3, 0.4) is 0 Å². The van der Waals surface area contributed by atoms with Crippen LogP contribution in [-0.4, -0.2) is 60.5 Å². The van der Waals surface area contributed by atoms with Crippen LogP contribution in [0.2, 0.25) is 0 Å². The van der Waals surface area contributed by atoms with E-state index in [4.69, 9.17) is 4.74 Å². The second-order valence-electron chi connectivity index (χ2n) is 8.81. The van der Waals surface area contributed by atoms with Gasteiger partial charge in [-0.1, -0.05) is 0 Å². The minimum atomic E-state index is -0.311. The molecule has 1 atom stereocenters. The Morgan fingerprint density at radius 2 is 1.62 bits per heavy atom. The molecule has 4 aliphatic carbocycles. The zero-order valence-electron chi connectivity index (χ0n) is 14.8. The molecule has 5 heteroatoms. The maximum Gasteiger partial charge on any atom is 0.0900 e. The van der Waals surface area contributed by atoms with E-state index in [-0.39, 0.29) is 18.5 Å². The van der Waals surface area contributed by atoms with Crippen LogP contribution in [0.15, 0.2) is 0 Å². The number of nitrogens with zero attached hydrogens (tertiary/aromatic N) is 1. The first-order chi connectivity index (χ1) is 11.2. The Balaban J connectivity index is 0.00000169. The highest BCUT2D eigenvalue weighted by atomic mass is 35.5. The summed E-state index contributed by atoms with van der Waals surface area (Å²) in [6.45, 7) is 4.41. The normalized spacial score (nSPS) is 39.6. The Morgan fingerprint density at radius 3 is 2.21 bits per heavy atom. The van der Waals surface area contributed by atoms with Crippen molar-refractivity contribution in [3.63, 3.8) is 0 Å². The van der Waals surface area contributed by atoms with Gasteiger partial charge in [0.2, 0.25) is 0 Å². The number of β-amino-alcohol motifs (C(OH)–C–C–N with tert-alkyl or cyclic N) is 1. The van der Waals surface area contributed by atoms with E-state index >= 15 is 0 Å². The lowest BCUT2D eigenvalue weighted by molar-refractivity contribution is -0.0740. The van der Waals surface area contributed by atoms with Gasteiger partial charge in [-0.3, -0.25) is 4.90 Å². The van der Waals surface area contributed by atoms with Crippen LogP contribution in [0.4, 0.5) is 0 Å². The molecule has 5 fully saturated rings. The van der Waals surface area contributed by atoms with Crippen LogP contribution in [0.1, 0.15) is 44.9 Å². The Hall–Kier alpha value is 0.520. The van der Waals surface area contributed by atoms with Gasteiger partial charge in [0.1, 0.15) is 0 Å². The summed E-state index contributed by atoms with van der Waals surface area (Å²) in [7, 11) is 0. The van der Waals surface area contributed by atoms with Crippen LogP contribution in [0.5, 0.6) is 0 Å². The Kier molecular flexibility index (Phi) is 6.81. The van der Waals surface area contributed by atoms with Gasteiger partial charge in [-0.15, -0.1) is 12.4 Å². The fourth-order valence-corrected chi connectivity index (χ4v) is 7.22. The predicted octanol–water partition coefficient (Wildman–Crippen LogP) is 3.44. The fourth-order valence-electron chi connectivity index (χ4n) is 6.24. The lowest BCUT2D eigenvalue weighted by atomic mass is 9.49. The van der Waals surface area contributed by atoms with Crippen LogP contribution < -0.4 is 0 Å². The molecule has 5 rings (SSSR count). The molecular formula is C19H34ClNO2S. The Labute approximate surface area is 157 Å². The highest BCUT2D eigenvalue weighted by Gasteiger charge is 2.50. The summed E-state index contributed by atoms with van der Waals surface area (Å²) in [4.78, 5) is 2.38. The van der Waals surface area contributed by atoms with Gasteiger partial charge in [0.05, 0.1) is 12.7 Å². The molecule has 1 aliphatic heterocycles. The van der Waals surface area contributed by atoms with Crippen molar-refractivity contribution in [2.24, 2.45) is 23.2 Å². The summed E-state index contributed by atoms with van der Waals surface area (Å²) in [5.41, 5.74) is 0.615. The van der Waals surface area contributed by atoms with E-state index in [9.17, 15) is 5.11 Å². The predicted molar refractivity (Wildman–Crippen MR) is 103 cm³/mol. The Bertz CT molecular complexity index is 368. The van der Waals surface area contributed by atoms with Gasteiger partial charge in [-0.05, 0) is 68.1 Å². The molecular weight excluding hydrogens is 342 g/mol. The SMILES string of the molecule is Cl.OC(COCCC12CC3CC(CC(C3)C1)C2)CN1CCSCC1. The van der Waals surface area contributed by atoms with E-state index in [1.807, 2.05) is 11.8 Å². The van der Waals surface area contributed by atoms with E-state index in [0.29, 0.717) is 12.0 Å². The van der Waals surface area contributed by atoms with Crippen molar-refractivity contribution < 1.29 is 9.84 Å². The van der Waals surface area contributed by atoms with Crippen LogP contribution in [-0.2, 0) is 4.74 Å². The first kappa shape index (κ1) is 19.3. The summed E-state index contributed by atoms with van der Waals surface area (Å²) in [6.07, 6.45) is 9.90. The molecule has 0 spiro atoms. The summed E-state index contributed by atoms with van der Waals surface area (Å²) in [6, 6.07) is 0. The third kappa shape index (κ3) is 4.62. The molecule has 0 aromatic carbocycles. The van der Waals surface area contributed by atoms with Gasteiger partial charge >= 0.3 is 0 Å². The quantitative estimate of drug-likeness (QED) is 0.691. The molecule has 1 N–H and O–H groups in total. The number of hydrogen-bond donors (Lipinski definition) is 1. The number of thioether (sulfide) groups is 1. The average Bonchev–Trinajstić information content (AvgIpc) is 2.51. The van der Waals surface area contributed by atoms with Gasteiger partial charge in [-0.2, -0.15) is 11.8 Å². The highest BCUT2D eigenvalue weighted by Crippen LogP contribution is 2.61.